The molecule has 0 radical (unpaired) electrons. The molecule has 2 aliphatic rings. The highest BCUT2D eigenvalue weighted by Gasteiger charge is 2.44. The number of amides is 2. The molecule has 3 aromatic rings. The van der Waals surface area contributed by atoms with E-state index < -0.39 is 17.7 Å². The first kappa shape index (κ1) is 27.7. The van der Waals surface area contributed by atoms with Crippen LogP contribution in [0.1, 0.15) is 62.2 Å². The molecule has 2 atom stereocenters. The van der Waals surface area contributed by atoms with Crippen LogP contribution in [0.4, 0.5) is 9.93 Å². The van der Waals surface area contributed by atoms with Gasteiger partial charge in [0.25, 0.3) is 0 Å². The summed E-state index contributed by atoms with van der Waals surface area (Å²) in [7, 11) is 0. The van der Waals surface area contributed by atoms with Crippen molar-refractivity contribution in [1.29, 1.82) is 0 Å². The van der Waals surface area contributed by atoms with Crippen molar-refractivity contribution in [3.63, 3.8) is 0 Å². The SMILES string of the molecule is Cc1nc(C)c(-c2csc(NC(=O)[C@@H]3C[C@@H](N4CCC(c5ccccc5)CC4)CN3C(=O)OC(C)(C)C)n2)s1. The third kappa shape index (κ3) is 6.50. The Morgan fingerprint density at radius 1 is 1.08 bits per heavy atom. The molecule has 2 aliphatic heterocycles. The number of hydrogen-bond acceptors (Lipinski definition) is 8. The minimum atomic E-state index is -0.640. The zero-order valence-corrected chi connectivity index (χ0v) is 24.9. The Labute approximate surface area is 238 Å². The van der Waals surface area contributed by atoms with E-state index in [1.807, 2.05) is 40.0 Å². The molecule has 39 heavy (non-hydrogen) atoms. The third-order valence-electron chi connectivity index (χ3n) is 7.40. The summed E-state index contributed by atoms with van der Waals surface area (Å²) in [5.74, 6) is 0.329. The molecule has 0 aliphatic carbocycles. The lowest BCUT2D eigenvalue weighted by Crippen LogP contribution is -2.46. The highest BCUT2D eigenvalue weighted by molar-refractivity contribution is 7.16. The maximum absolute atomic E-state index is 13.6. The van der Waals surface area contributed by atoms with Crippen molar-refractivity contribution in [3.8, 4) is 10.6 Å². The van der Waals surface area contributed by atoms with Crippen LogP contribution in [0.25, 0.3) is 10.6 Å². The molecule has 208 valence electrons. The van der Waals surface area contributed by atoms with E-state index in [-0.39, 0.29) is 11.9 Å². The third-order valence-corrected chi connectivity index (χ3v) is 9.25. The quantitative estimate of drug-likeness (QED) is 0.402. The van der Waals surface area contributed by atoms with Gasteiger partial charge in [-0.2, -0.15) is 0 Å². The van der Waals surface area contributed by atoms with E-state index in [2.05, 4.69) is 50.5 Å². The van der Waals surface area contributed by atoms with E-state index in [4.69, 9.17) is 4.74 Å². The lowest BCUT2D eigenvalue weighted by molar-refractivity contribution is -0.120. The number of carbonyl (C=O) groups is 2. The average Bonchev–Trinajstić information content (AvgIpc) is 3.62. The topological polar surface area (TPSA) is 87.7 Å². The first-order valence-corrected chi connectivity index (χ1v) is 15.3. The molecule has 1 aromatic carbocycles. The van der Waals surface area contributed by atoms with E-state index in [0.717, 1.165) is 47.2 Å². The van der Waals surface area contributed by atoms with Gasteiger partial charge in [-0.25, -0.2) is 14.8 Å². The van der Waals surface area contributed by atoms with Crippen LogP contribution in [0.3, 0.4) is 0 Å². The minimum absolute atomic E-state index is 0.111. The second-order valence-corrected chi connectivity index (χ2v) is 13.5. The summed E-state index contributed by atoms with van der Waals surface area (Å²) < 4.78 is 5.71. The first-order chi connectivity index (χ1) is 18.6. The molecule has 1 N–H and O–H groups in total. The monoisotopic (exact) mass is 567 g/mol. The zero-order valence-electron chi connectivity index (χ0n) is 23.3. The van der Waals surface area contributed by atoms with Crippen molar-refractivity contribution < 1.29 is 14.3 Å². The van der Waals surface area contributed by atoms with Crippen LogP contribution < -0.4 is 5.32 Å². The number of hydrogen-bond donors (Lipinski definition) is 1. The molecule has 0 saturated carbocycles. The Morgan fingerprint density at radius 2 is 1.79 bits per heavy atom. The number of rotatable bonds is 5. The predicted octanol–water partition coefficient (Wildman–Crippen LogP) is 6.08. The number of piperidine rings is 1. The molecular weight excluding hydrogens is 530 g/mol. The van der Waals surface area contributed by atoms with Crippen LogP contribution in [0.15, 0.2) is 35.7 Å². The Morgan fingerprint density at radius 3 is 2.44 bits per heavy atom. The van der Waals surface area contributed by atoms with Crippen LogP contribution in [0.5, 0.6) is 0 Å². The average molecular weight is 568 g/mol. The predicted molar refractivity (Wildman–Crippen MR) is 156 cm³/mol. The molecule has 0 unspecified atom stereocenters. The molecule has 0 bridgehead atoms. The molecule has 2 saturated heterocycles. The molecule has 2 fully saturated rings. The van der Waals surface area contributed by atoms with Crippen LogP contribution in [-0.4, -0.2) is 69.1 Å². The van der Waals surface area contributed by atoms with E-state index in [9.17, 15) is 9.59 Å². The number of nitrogens with one attached hydrogen (secondary N) is 1. The van der Waals surface area contributed by atoms with Gasteiger partial charge in [0.15, 0.2) is 5.13 Å². The molecule has 0 spiro atoms. The van der Waals surface area contributed by atoms with Gasteiger partial charge in [-0.1, -0.05) is 30.3 Å². The van der Waals surface area contributed by atoms with E-state index in [0.29, 0.717) is 24.0 Å². The summed E-state index contributed by atoms with van der Waals surface area (Å²) in [5, 5.41) is 6.43. The van der Waals surface area contributed by atoms with Crippen molar-refractivity contribution in [1.82, 2.24) is 19.8 Å². The highest BCUT2D eigenvalue weighted by atomic mass is 32.1. The number of benzene rings is 1. The summed E-state index contributed by atoms with van der Waals surface area (Å²) >= 11 is 2.98. The fourth-order valence-electron chi connectivity index (χ4n) is 5.57. The summed E-state index contributed by atoms with van der Waals surface area (Å²) in [5.41, 5.74) is 2.50. The second-order valence-electron chi connectivity index (χ2n) is 11.4. The van der Waals surface area contributed by atoms with Crippen LogP contribution in [0.2, 0.25) is 0 Å². The van der Waals surface area contributed by atoms with Crippen LogP contribution in [-0.2, 0) is 9.53 Å². The number of nitrogens with zero attached hydrogens (tertiary/aromatic N) is 4. The Balaban J connectivity index is 1.28. The lowest BCUT2D eigenvalue weighted by atomic mass is 9.89. The normalized spacial score (nSPS) is 20.8. The van der Waals surface area contributed by atoms with E-state index >= 15 is 0 Å². The number of anilines is 1. The number of thiazole rings is 2. The number of likely N-dealkylation sites (tertiary alicyclic amines) is 2. The fraction of sp³-hybridized carbons (Fsp3) is 0.517. The molecule has 2 aromatic heterocycles. The maximum atomic E-state index is 13.6. The number of aromatic nitrogens is 2. The molecular formula is C29H37N5O3S2. The largest absolute Gasteiger partial charge is 0.444 e. The fourth-order valence-corrected chi connectivity index (χ4v) is 7.22. The molecule has 2 amide bonds. The maximum Gasteiger partial charge on any atom is 0.411 e. The van der Waals surface area contributed by atoms with Crippen molar-refractivity contribution in [2.45, 2.75) is 77.5 Å². The summed E-state index contributed by atoms with van der Waals surface area (Å²) in [4.78, 5) is 41.0. The van der Waals surface area contributed by atoms with Crippen molar-refractivity contribution >= 4 is 39.8 Å². The minimum Gasteiger partial charge on any atom is -0.444 e. The van der Waals surface area contributed by atoms with Crippen LogP contribution in [0, 0.1) is 13.8 Å². The van der Waals surface area contributed by atoms with Gasteiger partial charge < -0.3 is 10.1 Å². The van der Waals surface area contributed by atoms with Gasteiger partial charge in [-0.15, -0.1) is 22.7 Å². The van der Waals surface area contributed by atoms with Crippen molar-refractivity contribution in [3.05, 3.63) is 52.0 Å². The van der Waals surface area contributed by atoms with Crippen LogP contribution >= 0.6 is 22.7 Å². The number of ether oxygens (including phenoxy) is 1. The summed E-state index contributed by atoms with van der Waals surface area (Å²) in [6.07, 6.45) is 2.27. The standard InChI is InChI=1S/C29H37N5O3S2/c1-18-25(39-19(2)30-18)23-17-38-27(31-23)32-26(35)24-15-22(16-34(24)28(36)37-29(3,4)5)33-13-11-21(12-14-33)20-9-7-6-8-10-20/h6-10,17,21-22,24H,11-16H2,1-5H3,(H,31,32,35)/t22-,24+/m1/s1. The van der Waals surface area contributed by atoms with Crippen molar-refractivity contribution in [2.75, 3.05) is 25.0 Å². The highest BCUT2D eigenvalue weighted by Crippen LogP contribution is 2.34. The first-order valence-electron chi connectivity index (χ1n) is 13.6. The smallest absolute Gasteiger partial charge is 0.411 e. The Kier molecular flexibility index (Phi) is 8.07. The van der Waals surface area contributed by atoms with Gasteiger partial charge in [-0.05, 0) is 78.5 Å². The Bertz CT molecular complexity index is 1310. The molecule has 8 nitrogen and oxygen atoms in total. The van der Waals surface area contributed by atoms with Gasteiger partial charge in [-0.3, -0.25) is 14.6 Å². The lowest BCUT2D eigenvalue weighted by Gasteiger charge is -2.36. The van der Waals surface area contributed by atoms with Gasteiger partial charge in [0.1, 0.15) is 11.6 Å². The summed E-state index contributed by atoms with van der Waals surface area (Å²) in [6, 6.07) is 10.2. The van der Waals surface area contributed by atoms with Gasteiger partial charge in [0, 0.05) is 18.0 Å². The second kappa shape index (κ2) is 11.3. The number of carbonyl (C=O) groups excluding carboxylic acids is 2. The van der Waals surface area contributed by atoms with Crippen molar-refractivity contribution in [2.24, 2.45) is 0 Å². The number of aryl methyl sites for hydroxylation is 2. The van der Waals surface area contributed by atoms with E-state index in [1.165, 1.54) is 16.9 Å². The Hall–Kier alpha value is -2.82. The van der Waals surface area contributed by atoms with Gasteiger partial charge in [0.2, 0.25) is 5.91 Å². The summed E-state index contributed by atoms with van der Waals surface area (Å²) in [6.45, 7) is 11.9. The molecule has 4 heterocycles. The molecule has 10 heteroatoms. The molecule has 5 rings (SSSR count). The van der Waals surface area contributed by atoms with Gasteiger partial charge >= 0.3 is 6.09 Å². The zero-order chi connectivity index (χ0) is 27.7. The van der Waals surface area contributed by atoms with Gasteiger partial charge in [0.05, 0.1) is 21.3 Å². The van der Waals surface area contributed by atoms with E-state index in [1.54, 1.807) is 16.2 Å².